The monoisotopic (exact) mass is 252 g/mol. The lowest BCUT2D eigenvalue weighted by Gasteiger charge is -2.01. The van der Waals surface area contributed by atoms with E-state index in [2.05, 4.69) is 4.98 Å². The third kappa shape index (κ3) is 1.83. The second-order valence-corrected chi connectivity index (χ2v) is 4.35. The average Bonchev–Trinajstić information content (AvgIpc) is 2.77. The first kappa shape index (κ1) is 11.3. The molecule has 0 aliphatic rings. The van der Waals surface area contributed by atoms with Gasteiger partial charge in [0.2, 0.25) is 0 Å². The number of aromatic amines is 1. The molecule has 0 radical (unpaired) electrons. The molecule has 0 atom stereocenters. The van der Waals surface area contributed by atoms with Gasteiger partial charge in [0.1, 0.15) is 5.69 Å². The maximum absolute atomic E-state index is 11.0. The number of aromatic carboxylic acids is 1. The Morgan fingerprint density at radius 2 is 1.79 bits per heavy atom. The number of hydrogen-bond acceptors (Lipinski definition) is 2. The Morgan fingerprint density at radius 1 is 1.05 bits per heavy atom. The van der Waals surface area contributed by atoms with Gasteiger partial charge in [0.05, 0.1) is 5.69 Å². The van der Waals surface area contributed by atoms with Crippen LogP contribution in [0.2, 0.25) is 0 Å². The van der Waals surface area contributed by atoms with Crippen molar-refractivity contribution in [2.45, 2.75) is 0 Å². The highest BCUT2D eigenvalue weighted by atomic mass is 16.4. The molecule has 0 aliphatic heterocycles. The smallest absolute Gasteiger partial charge is 0.354 e. The first-order valence-electron chi connectivity index (χ1n) is 5.87. The molecule has 0 unspecified atom stereocenters. The van der Waals surface area contributed by atoms with Crippen LogP contribution in [-0.4, -0.2) is 16.1 Å². The first-order chi connectivity index (χ1) is 9.16. The lowest BCUT2D eigenvalue weighted by Crippen LogP contribution is -2.00. The number of H-pyrrole nitrogens is 1. The van der Waals surface area contributed by atoms with E-state index < -0.39 is 5.97 Å². The van der Waals surface area contributed by atoms with Crippen LogP contribution in [0.1, 0.15) is 10.5 Å². The highest BCUT2D eigenvalue weighted by molar-refractivity contribution is 6.05. The minimum Gasteiger partial charge on any atom is -0.477 e. The van der Waals surface area contributed by atoms with Crippen molar-refractivity contribution < 1.29 is 9.90 Å². The molecule has 3 rings (SSSR count). The summed E-state index contributed by atoms with van der Waals surface area (Å²) in [6.07, 6.45) is 0. The highest BCUT2D eigenvalue weighted by Gasteiger charge is 2.14. The van der Waals surface area contributed by atoms with Crippen LogP contribution in [0.5, 0.6) is 0 Å². The molecule has 4 heteroatoms. The van der Waals surface area contributed by atoms with Gasteiger partial charge in [-0.2, -0.15) is 0 Å². The number of anilines is 1. The van der Waals surface area contributed by atoms with Crippen LogP contribution < -0.4 is 5.73 Å². The van der Waals surface area contributed by atoms with Crippen molar-refractivity contribution in [3.05, 3.63) is 54.2 Å². The van der Waals surface area contributed by atoms with E-state index in [-0.39, 0.29) is 11.4 Å². The average molecular weight is 252 g/mol. The minimum atomic E-state index is -1.05. The molecule has 1 aromatic heterocycles. The number of aromatic nitrogens is 1. The van der Waals surface area contributed by atoms with Crippen LogP contribution in [0.15, 0.2) is 48.5 Å². The number of fused-ring (bicyclic) bond motifs is 1. The molecule has 3 aromatic rings. The Morgan fingerprint density at radius 3 is 2.47 bits per heavy atom. The molecule has 0 saturated carbocycles. The Kier molecular flexibility index (Phi) is 2.49. The van der Waals surface area contributed by atoms with Gasteiger partial charge < -0.3 is 15.8 Å². The fraction of sp³-hybridized carbons (Fsp3) is 0. The van der Waals surface area contributed by atoms with Gasteiger partial charge in [0, 0.05) is 10.9 Å². The van der Waals surface area contributed by atoms with E-state index in [4.69, 9.17) is 10.8 Å². The molecule has 0 spiro atoms. The molecule has 0 aliphatic carbocycles. The van der Waals surface area contributed by atoms with E-state index in [1.54, 1.807) is 0 Å². The van der Waals surface area contributed by atoms with Crippen LogP contribution in [0.3, 0.4) is 0 Å². The standard InChI is InChI=1S/C15H12N2O2/c16-13-11-7-6-10(9-4-2-1-3-5-9)8-12(11)17-14(13)15(18)19/h1-8,17H,16H2,(H,18,19). The SMILES string of the molecule is Nc1c(C(=O)O)[nH]c2cc(-c3ccccc3)ccc12. The van der Waals surface area contributed by atoms with Crippen LogP contribution in [-0.2, 0) is 0 Å². The molecule has 0 bridgehead atoms. The predicted octanol–water partition coefficient (Wildman–Crippen LogP) is 3.12. The molecule has 4 nitrogen and oxygen atoms in total. The number of carboxylic acids is 1. The summed E-state index contributed by atoms with van der Waals surface area (Å²) in [7, 11) is 0. The predicted molar refractivity (Wildman–Crippen MR) is 75.1 cm³/mol. The second kappa shape index (κ2) is 4.17. The van der Waals surface area contributed by atoms with Crippen molar-refractivity contribution in [1.82, 2.24) is 4.98 Å². The normalized spacial score (nSPS) is 10.7. The summed E-state index contributed by atoms with van der Waals surface area (Å²) in [5.74, 6) is -1.05. The Labute approximate surface area is 109 Å². The summed E-state index contributed by atoms with van der Waals surface area (Å²) in [5.41, 5.74) is 8.97. The minimum absolute atomic E-state index is 0.0419. The van der Waals surface area contributed by atoms with Gasteiger partial charge in [-0.15, -0.1) is 0 Å². The summed E-state index contributed by atoms with van der Waals surface area (Å²) in [6, 6.07) is 15.6. The van der Waals surface area contributed by atoms with Crippen LogP contribution in [0, 0.1) is 0 Å². The van der Waals surface area contributed by atoms with Gasteiger partial charge in [0.25, 0.3) is 0 Å². The van der Waals surface area contributed by atoms with Gasteiger partial charge >= 0.3 is 5.97 Å². The molecule has 0 amide bonds. The molecule has 0 fully saturated rings. The Hall–Kier alpha value is -2.75. The number of hydrogen-bond donors (Lipinski definition) is 3. The summed E-state index contributed by atoms with van der Waals surface area (Å²) in [4.78, 5) is 13.9. The molecule has 4 N–H and O–H groups in total. The summed E-state index contributed by atoms with van der Waals surface area (Å²) >= 11 is 0. The third-order valence-electron chi connectivity index (χ3n) is 3.16. The van der Waals surface area contributed by atoms with Crippen molar-refractivity contribution in [3.8, 4) is 11.1 Å². The Balaban J connectivity index is 2.19. The van der Waals surface area contributed by atoms with Crippen molar-refractivity contribution in [2.24, 2.45) is 0 Å². The van der Waals surface area contributed by atoms with Gasteiger partial charge in [-0.3, -0.25) is 0 Å². The molecule has 2 aromatic carbocycles. The molecule has 94 valence electrons. The highest BCUT2D eigenvalue weighted by Crippen LogP contribution is 2.29. The summed E-state index contributed by atoms with van der Waals surface area (Å²) in [5, 5.41) is 9.78. The third-order valence-corrected chi connectivity index (χ3v) is 3.16. The fourth-order valence-electron chi connectivity index (χ4n) is 2.20. The molecular weight excluding hydrogens is 240 g/mol. The van der Waals surface area contributed by atoms with E-state index in [1.165, 1.54) is 0 Å². The number of rotatable bonds is 2. The van der Waals surface area contributed by atoms with Crippen molar-refractivity contribution in [2.75, 3.05) is 5.73 Å². The van der Waals surface area contributed by atoms with Crippen LogP contribution in [0.25, 0.3) is 22.0 Å². The molecular formula is C15H12N2O2. The van der Waals surface area contributed by atoms with Gasteiger partial charge in [-0.1, -0.05) is 42.5 Å². The zero-order chi connectivity index (χ0) is 13.4. The van der Waals surface area contributed by atoms with Gasteiger partial charge in [-0.25, -0.2) is 4.79 Å². The van der Waals surface area contributed by atoms with E-state index in [0.29, 0.717) is 0 Å². The van der Waals surface area contributed by atoms with Crippen molar-refractivity contribution in [1.29, 1.82) is 0 Å². The van der Waals surface area contributed by atoms with Crippen LogP contribution >= 0.6 is 0 Å². The number of nitrogen functional groups attached to an aromatic ring is 1. The number of carboxylic acid groups (broad SMARTS) is 1. The van der Waals surface area contributed by atoms with Crippen molar-refractivity contribution in [3.63, 3.8) is 0 Å². The summed E-state index contributed by atoms with van der Waals surface area (Å²) < 4.78 is 0. The van der Waals surface area contributed by atoms with Gasteiger partial charge in [0.15, 0.2) is 0 Å². The topological polar surface area (TPSA) is 79.1 Å². The molecule has 1 heterocycles. The Bertz CT molecular complexity index is 760. The van der Waals surface area contributed by atoms with Gasteiger partial charge in [-0.05, 0) is 17.2 Å². The second-order valence-electron chi connectivity index (χ2n) is 4.35. The first-order valence-corrected chi connectivity index (χ1v) is 5.87. The van der Waals surface area contributed by atoms with E-state index in [1.807, 2.05) is 48.5 Å². The number of benzene rings is 2. The quantitative estimate of drug-likeness (QED) is 0.655. The largest absolute Gasteiger partial charge is 0.477 e. The summed E-state index contributed by atoms with van der Waals surface area (Å²) in [6.45, 7) is 0. The number of carbonyl (C=O) groups is 1. The zero-order valence-electron chi connectivity index (χ0n) is 10.1. The maximum Gasteiger partial charge on any atom is 0.354 e. The van der Waals surface area contributed by atoms with E-state index in [9.17, 15) is 4.79 Å². The maximum atomic E-state index is 11.0. The van der Waals surface area contributed by atoms with E-state index in [0.717, 1.165) is 22.0 Å². The number of nitrogens with one attached hydrogen (secondary N) is 1. The van der Waals surface area contributed by atoms with Crippen LogP contribution in [0.4, 0.5) is 5.69 Å². The molecule has 19 heavy (non-hydrogen) atoms. The van der Waals surface area contributed by atoms with E-state index >= 15 is 0 Å². The van der Waals surface area contributed by atoms with Crippen molar-refractivity contribution >= 4 is 22.6 Å². The number of nitrogens with two attached hydrogens (primary N) is 1. The lowest BCUT2D eigenvalue weighted by molar-refractivity contribution is 0.0692. The fourth-order valence-corrected chi connectivity index (χ4v) is 2.20. The lowest BCUT2D eigenvalue weighted by atomic mass is 10.0. The molecule has 0 saturated heterocycles. The zero-order valence-corrected chi connectivity index (χ0v) is 10.1.